The molecule has 0 saturated heterocycles. The quantitative estimate of drug-likeness (QED) is 0.326. The fraction of sp³-hybridized carbons (Fsp3) is 0.481. The summed E-state index contributed by atoms with van der Waals surface area (Å²) in [5, 5.41) is 9.41. The number of benzene rings is 1. The minimum Gasteiger partial charge on any atom is -0.480 e. The standard InChI is InChI=1S/C27H31N3O2S2/c1-15-17(12-18-16(2)22(28-7)25(34)30(24(18)33)14-20(31)32)13-19-23-21(15)27(5,6)9-11-29(23)10-8-26(19,3)4/h12-13H,8-11,14H2,1-6H3,(H,31,32)/b18-12-. The molecule has 34 heavy (non-hydrogen) atoms. The van der Waals surface area contributed by atoms with Crippen LogP contribution in [-0.2, 0) is 15.6 Å². The molecule has 1 N–H and O–H groups in total. The molecule has 0 saturated carbocycles. The van der Waals surface area contributed by atoms with Crippen LogP contribution in [0.2, 0.25) is 0 Å². The molecule has 0 aromatic heterocycles. The van der Waals surface area contributed by atoms with Crippen LogP contribution in [0.5, 0.6) is 0 Å². The van der Waals surface area contributed by atoms with Gasteiger partial charge in [0.2, 0.25) is 5.70 Å². The first-order valence-corrected chi connectivity index (χ1v) is 12.4. The van der Waals surface area contributed by atoms with Crippen LogP contribution in [-0.4, -0.2) is 45.6 Å². The first-order chi connectivity index (χ1) is 15.8. The van der Waals surface area contributed by atoms with Crippen molar-refractivity contribution in [2.45, 2.75) is 65.2 Å². The van der Waals surface area contributed by atoms with Crippen LogP contribution in [0.1, 0.15) is 69.7 Å². The van der Waals surface area contributed by atoms with Gasteiger partial charge in [0.1, 0.15) is 16.5 Å². The fourth-order valence-electron chi connectivity index (χ4n) is 5.58. The van der Waals surface area contributed by atoms with Crippen LogP contribution in [0.4, 0.5) is 5.69 Å². The summed E-state index contributed by atoms with van der Waals surface area (Å²) in [6, 6.07) is 2.29. The van der Waals surface area contributed by atoms with Crippen molar-refractivity contribution in [2.24, 2.45) is 0 Å². The Kier molecular flexibility index (Phi) is 5.98. The number of thiocarbonyl (C=S) groups is 2. The Labute approximate surface area is 212 Å². The highest BCUT2D eigenvalue weighted by Gasteiger charge is 2.41. The largest absolute Gasteiger partial charge is 0.480 e. The van der Waals surface area contributed by atoms with Gasteiger partial charge in [0.15, 0.2) is 0 Å². The van der Waals surface area contributed by atoms with E-state index in [1.165, 1.54) is 27.3 Å². The molecule has 1 aromatic rings. The van der Waals surface area contributed by atoms with Crippen LogP contribution in [0.25, 0.3) is 10.9 Å². The van der Waals surface area contributed by atoms with Gasteiger partial charge in [-0.2, -0.15) is 0 Å². The molecule has 0 spiro atoms. The molecule has 4 rings (SSSR count). The lowest BCUT2D eigenvalue weighted by Gasteiger charge is -2.49. The van der Waals surface area contributed by atoms with Gasteiger partial charge >= 0.3 is 5.97 Å². The summed E-state index contributed by atoms with van der Waals surface area (Å²) in [4.78, 5) is 19.6. The van der Waals surface area contributed by atoms with Crippen LogP contribution < -0.4 is 4.90 Å². The Bertz CT molecular complexity index is 1250. The van der Waals surface area contributed by atoms with Crippen molar-refractivity contribution >= 4 is 52.1 Å². The van der Waals surface area contributed by atoms with E-state index in [0.717, 1.165) is 31.5 Å². The van der Waals surface area contributed by atoms with Gasteiger partial charge in [-0.25, -0.2) is 4.85 Å². The smallest absolute Gasteiger partial charge is 0.323 e. The minimum atomic E-state index is -1.04. The third-order valence-electron chi connectivity index (χ3n) is 7.72. The summed E-state index contributed by atoms with van der Waals surface area (Å²) in [6.07, 6.45) is 4.24. The number of rotatable bonds is 3. The van der Waals surface area contributed by atoms with Gasteiger partial charge in [0, 0.05) is 24.4 Å². The summed E-state index contributed by atoms with van der Waals surface area (Å²) in [6.45, 7) is 22.8. The molecular formula is C27H31N3O2S2. The fourth-order valence-corrected chi connectivity index (χ4v) is 6.37. The second-order valence-electron chi connectivity index (χ2n) is 10.9. The van der Waals surface area contributed by atoms with Crippen molar-refractivity contribution in [3.05, 3.63) is 56.6 Å². The molecule has 0 radical (unpaired) electrons. The van der Waals surface area contributed by atoms with E-state index in [9.17, 15) is 9.90 Å². The summed E-state index contributed by atoms with van der Waals surface area (Å²) < 4.78 is 0. The molecule has 3 aliphatic heterocycles. The third-order valence-corrected chi connectivity index (χ3v) is 8.58. The molecule has 5 nitrogen and oxygen atoms in total. The first kappa shape index (κ1) is 24.6. The number of hydrogen-bond donors (Lipinski definition) is 1. The van der Waals surface area contributed by atoms with E-state index in [1.807, 2.05) is 13.0 Å². The Morgan fingerprint density at radius 2 is 1.76 bits per heavy atom. The lowest BCUT2D eigenvalue weighted by molar-refractivity contribution is -0.136. The lowest BCUT2D eigenvalue weighted by atomic mass is 9.67. The van der Waals surface area contributed by atoms with Crippen molar-refractivity contribution < 1.29 is 9.90 Å². The van der Waals surface area contributed by atoms with Gasteiger partial charge in [-0.3, -0.25) is 4.79 Å². The zero-order chi connectivity index (χ0) is 25.2. The predicted molar refractivity (Wildman–Crippen MR) is 145 cm³/mol. The average molecular weight is 494 g/mol. The van der Waals surface area contributed by atoms with Crippen LogP contribution >= 0.6 is 24.4 Å². The maximum Gasteiger partial charge on any atom is 0.323 e. The van der Waals surface area contributed by atoms with Crippen LogP contribution in [0.3, 0.4) is 0 Å². The number of carboxylic acids is 1. The Morgan fingerprint density at radius 3 is 2.35 bits per heavy atom. The van der Waals surface area contributed by atoms with E-state index >= 15 is 0 Å². The molecule has 0 bridgehead atoms. The zero-order valence-electron chi connectivity index (χ0n) is 20.7. The van der Waals surface area contributed by atoms with Crippen molar-refractivity contribution in [3.63, 3.8) is 0 Å². The molecule has 178 valence electrons. The molecular weight excluding hydrogens is 462 g/mol. The molecule has 1 aromatic carbocycles. The third kappa shape index (κ3) is 3.77. The minimum absolute atomic E-state index is 0.0448. The maximum absolute atomic E-state index is 11.5. The summed E-state index contributed by atoms with van der Waals surface area (Å²) >= 11 is 11.2. The second kappa shape index (κ2) is 8.28. The van der Waals surface area contributed by atoms with Gasteiger partial charge in [0.05, 0.1) is 6.57 Å². The Hall–Kier alpha value is -2.56. The van der Waals surface area contributed by atoms with E-state index in [0.29, 0.717) is 21.8 Å². The Morgan fingerprint density at radius 1 is 1.15 bits per heavy atom. The lowest BCUT2D eigenvalue weighted by Crippen LogP contribution is -2.45. The molecule has 3 aliphatic rings. The van der Waals surface area contributed by atoms with E-state index < -0.39 is 5.97 Å². The molecule has 0 aliphatic carbocycles. The maximum atomic E-state index is 11.5. The van der Waals surface area contributed by atoms with E-state index in [1.54, 1.807) is 0 Å². The van der Waals surface area contributed by atoms with Crippen LogP contribution in [0.15, 0.2) is 22.9 Å². The number of carboxylic acid groups (broad SMARTS) is 1. The number of hydrogen-bond acceptors (Lipinski definition) is 4. The highest BCUT2D eigenvalue weighted by atomic mass is 32.1. The molecule has 0 atom stereocenters. The van der Waals surface area contributed by atoms with Crippen molar-refractivity contribution in [2.75, 3.05) is 24.5 Å². The SMILES string of the molecule is [C-]#[N+]C1=C(C)/C(=C/c2cc3c4c(c2C)C(C)(C)CCN4CCC3(C)C)C(=S)N(CC(=O)O)C1=S. The normalized spacial score (nSPS) is 22.1. The van der Waals surface area contributed by atoms with Gasteiger partial charge in [-0.1, -0.05) is 52.1 Å². The average Bonchev–Trinajstić information content (AvgIpc) is 2.74. The number of carbonyl (C=O) groups is 1. The van der Waals surface area contributed by atoms with Gasteiger partial charge in [-0.15, -0.1) is 0 Å². The number of nitrogens with zero attached hydrogens (tertiary/aromatic N) is 3. The van der Waals surface area contributed by atoms with Gasteiger partial charge in [-0.05, 0) is 77.5 Å². The summed E-state index contributed by atoms with van der Waals surface area (Å²) in [7, 11) is 0. The van der Waals surface area contributed by atoms with E-state index in [4.69, 9.17) is 31.0 Å². The topological polar surface area (TPSA) is 48.1 Å². The van der Waals surface area contributed by atoms with Gasteiger partial charge in [0.25, 0.3) is 0 Å². The summed E-state index contributed by atoms with van der Waals surface area (Å²) in [5.74, 6) is -1.04. The number of aliphatic carboxylic acids is 1. The summed E-state index contributed by atoms with van der Waals surface area (Å²) in [5.41, 5.74) is 8.21. The molecule has 3 heterocycles. The first-order valence-electron chi connectivity index (χ1n) is 11.6. The van der Waals surface area contributed by atoms with E-state index in [2.05, 4.69) is 50.4 Å². The monoisotopic (exact) mass is 493 g/mol. The van der Waals surface area contributed by atoms with Crippen molar-refractivity contribution in [1.29, 1.82) is 0 Å². The molecule has 7 heteroatoms. The van der Waals surface area contributed by atoms with Crippen molar-refractivity contribution in [3.8, 4) is 0 Å². The molecule has 0 amide bonds. The zero-order valence-corrected chi connectivity index (χ0v) is 22.3. The highest BCUT2D eigenvalue weighted by Crippen LogP contribution is 2.51. The molecule has 0 unspecified atom stereocenters. The van der Waals surface area contributed by atoms with E-state index in [-0.39, 0.29) is 22.4 Å². The van der Waals surface area contributed by atoms with Crippen molar-refractivity contribution in [1.82, 2.24) is 4.90 Å². The Balaban J connectivity index is 1.99. The molecule has 0 fully saturated rings. The highest BCUT2D eigenvalue weighted by molar-refractivity contribution is 7.82. The number of anilines is 1. The van der Waals surface area contributed by atoms with Crippen LogP contribution in [0, 0.1) is 13.5 Å². The van der Waals surface area contributed by atoms with Gasteiger partial charge < -0.3 is 14.9 Å². The predicted octanol–water partition coefficient (Wildman–Crippen LogP) is 5.80. The second-order valence-corrected chi connectivity index (χ2v) is 11.6.